The van der Waals surface area contributed by atoms with Crippen LogP contribution in [0.5, 0.6) is 5.75 Å². The Balaban J connectivity index is 1.80. The van der Waals surface area contributed by atoms with Gasteiger partial charge in [-0.3, -0.25) is 9.59 Å². The van der Waals surface area contributed by atoms with E-state index in [1.807, 2.05) is 0 Å². The number of hydrogen-bond donors (Lipinski definition) is 1. The Kier molecular flexibility index (Phi) is 5.44. The summed E-state index contributed by atoms with van der Waals surface area (Å²) < 4.78 is 32.1. The zero-order valence-corrected chi connectivity index (χ0v) is 16.9. The van der Waals surface area contributed by atoms with E-state index in [1.165, 1.54) is 25.3 Å². The van der Waals surface area contributed by atoms with Gasteiger partial charge in [0.1, 0.15) is 11.4 Å². The third kappa shape index (κ3) is 3.75. The minimum atomic E-state index is -1.08. The Bertz CT molecular complexity index is 1230. The van der Waals surface area contributed by atoms with Crippen LogP contribution in [0.2, 0.25) is 5.02 Å². The number of nitrogens with zero attached hydrogens (tertiary/aromatic N) is 1. The molecular weight excluding hydrogens is 426 g/mol. The van der Waals surface area contributed by atoms with E-state index >= 15 is 0 Å². The molecule has 2 amide bonds. The van der Waals surface area contributed by atoms with E-state index in [9.17, 15) is 18.4 Å². The lowest BCUT2D eigenvalue weighted by Crippen LogP contribution is -2.32. The second kappa shape index (κ2) is 8.20. The van der Waals surface area contributed by atoms with Crippen LogP contribution in [0.25, 0.3) is 5.57 Å². The van der Waals surface area contributed by atoms with Gasteiger partial charge in [0, 0.05) is 11.8 Å². The molecule has 0 bridgehead atoms. The first kappa shape index (κ1) is 20.6. The van der Waals surface area contributed by atoms with Gasteiger partial charge in [0.25, 0.3) is 11.8 Å². The largest absolute Gasteiger partial charge is 0.495 e. The highest BCUT2D eigenvalue weighted by Gasteiger charge is 2.40. The van der Waals surface area contributed by atoms with Crippen molar-refractivity contribution in [2.45, 2.75) is 0 Å². The molecule has 0 spiro atoms. The molecule has 0 aliphatic carbocycles. The molecule has 0 fully saturated rings. The van der Waals surface area contributed by atoms with E-state index in [1.54, 1.807) is 36.4 Å². The summed E-state index contributed by atoms with van der Waals surface area (Å²) in [6, 6.07) is 16.2. The van der Waals surface area contributed by atoms with Crippen LogP contribution in [-0.2, 0) is 9.59 Å². The van der Waals surface area contributed by atoms with Crippen molar-refractivity contribution in [3.05, 3.63) is 94.6 Å². The molecule has 0 radical (unpaired) electrons. The van der Waals surface area contributed by atoms with E-state index in [0.29, 0.717) is 11.3 Å². The molecule has 0 saturated heterocycles. The number of benzene rings is 3. The Labute approximate surface area is 181 Å². The van der Waals surface area contributed by atoms with Crippen molar-refractivity contribution < 1.29 is 23.1 Å². The maximum atomic E-state index is 13.7. The fourth-order valence-corrected chi connectivity index (χ4v) is 3.52. The number of halogens is 3. The maximum Gasteiger partial charge on any atom is 0.282 e. The van der Waals surface area contributed by atoms with E-state index in [4.69, 9.17) is 16.3 Å². The summed E-state index contributed by atoms with van der Waals surface area (Å²) in [6.07, 6.45) is 0. The van der Waals surface area contributed by atoms with Gasteiger partial charge in [-0.05, 0) is 35.9 Å². The highest BCUT2D eigenvalue weighted by atomic mass is 35.5. The van der Waals surface area contributed by atoms with Crippen molar-refractivity contribution in [2.24, 2.45) is 0 Å². The number of rotatable bonds is 5. The van der Waals surface area contributed by atoms with Crippen molar-refractivity contribution in [2.75, 3.05) is 17.3 Å². The zero-order valence-electron chi connectivity index (χ0n) is 16.2. The van der Waals surface area contributed by atoms with Gasteiger partial charge in [-0.25, -0.2) is 13.7 Å². The van der Waals surface area contributed by atoms with Gasteiger partial charge in [-0.15, -0.1) is 0 Å². The second-order valence-electron chi connectivity index (χ2n) is 6.63. The van der Waals surface area contributed by atoms with Crippen LogP contribution in [0.15, 0.2) is 72.4 Å². The molecule has 31 heavy (non-hydrogen) atoms. The summed E-state index contributed by atoms with van der Waals surface area (Å²) in [5.74, 6) is -2.95. The van der Waals surface area contributed by atoms with Crippen molar-refractivity contribution in [1.29, 1.82) is 0 Å². The van der Waals surface area contributed by atoms with Crippen LogP contribution in [0.1, 0.15) is 5.56 Å². The number of methoxy groups -OCH3 is 1. The predicted molar refractivity (Wildman–Crippen MR) is 114 cm³/mol. The lowest BCUT2D eigenvalue weighted by atomic mass is 10.0. The van der Waals surface area contributed by atoms with Crippen LogP contribution in [0.4, 0.5) is 20.2 Å². The lowest BCUT2D eigenvalue weighted by molar-refractivity contribution is -0.120. The Morgan fingerprint density at radius 1 is 0.903 bits per heavy atom. The highest BCUT2D eigenvalue weighted by molar-refractivity contribution is 6.46. The third-order valence-electron chi connectivity index (χ3n) is 4.73. The second-order valence-corrected chi connectivity index (χ2v) is 7.04. The van der Waals surface area contributed by atoms with Crippen LogP contribution in [0, 0.1) is 11.6 Å². The molecule has 3 aromatic rings. The first-order chi connectivity index (χ1) is 14.9. The molecule has 8 heteroatoms. The molecule has 0 unspecified atom stereocenters. The minimum absolute atomic E-state index is 0.0610. The fourth-order valence-electron chi connectivity index (χ4n) is 3.27. The molecule has 0 atom stereocenters. The van der Waals surface area contributed by atoms with E-state index in [2.05, 4.69) is 5.32 Å². The first-order valence-electron chi connectivity index (χ1n) is 9.15. The van der Waals surface area contributed by atoms with Gasteiger partial charge < -0.3 is 10.1 Å². The molecule has 1 N–H and O–H groups in total. The molecule has 1 heterocycles. The summed E-state index contributed by atoms with van der Waals surface area (Å²) in [4.78, 5) is 27.5. The van der Waals surface area contributed by atoms with Gasteiger partial charge in [-0.2, -0.15) is 0 Å². The number of carbonyl (C=O) groups is 2. The van der Waals surface area contributed by atoms with Crippen LogP contribution >= 0.6 is 11.6 Å². The average molecular weight is 441 g/mol. The predicted octanol–water partition coefficient (Wildman–Crippen LogP) is 5.02. The molecule has 3 aromatic carbocycles. The van der Waals surface area contributed by atoms with Crippen LogP contribution in [0.3, 0.4) is 0 Å². The Morgan fingerprint density at radius 2 is 1.65 bits per heavy atom. The van der Waals surface area contributed by atoms with Crippen molar-refractivity contribution >= 4 is 40.4 Å². The molecular formula is C23H15ClF2N2O3. The fraction of sp³-hybridized carbons (Fsp3) is 0.0435. The normalized spacial score (nSPS) is 13.7. The summed E-state index contributed by atoms with van der Waals surface area (Å²) in [5, 5.41) is 3.00. The quantitative estimate of drug-likeness (QED) is 0.566. The van der Waals surface area contributed by atoms with Gasteiger partial charge in [0.2, 0.25) is 0 Å². The number of hydrogen-bond acceptors (Lipinski definition) is 4. The van der Waals surface area contributed by atoms with Crippen LogP contribution in [-0.4, -0.2) is 18.9 Å². The third-order valence-corrected chi connectivity index (χ3v) is 5.02. The van der Waals surface area contributed by atoms with E-state index in [0.717, 1.165) is 17.0 Å². The lowest BCUT2D eigenvalue weighted by Gasteiger charge is -2.16. The summed E-state index contributed by atoms with van der Waals surface area (Å²) in [7, 11) is 1.45. The number of carbonyl (C=O) groups excluding carboxylic acids is 2. The maximum absolute atomic E-state index is 13.7. The molecule has 156 valence electrons. The van der Waals surface area contributed by atoms with E-state index < -0.39 is 23.4 Å². The number of nitrogens with one attached hydrogen (secondary N) is 1. The van der Waals surface area contributed by atoms with E-state index in [-0.39, 0.29) is 27.7 Å². The smallest absolute Gasteiger partial charge is 0.282 e. The molecule has 1 aliphatic rings. The SMILES string of the molecule is COc1ccc(N2C(=O)C(Nc3ccc(F)c(F)c3)=C(c3ccccc3)C2=O)cc1Cl. The van der Waals surface area contributed by atoms with Gasteiger partial charge in [-0.1, -0.05) is 41.9 Å². The van der Waals surface area contributed by atoms with Gasteiger partial charge >= 0.3 is 0 Å². The van der Waals surface area contributed by atoms with Crippen molar-refractivity contribution in [3.63, 3.8) is 0 Å². The Morgan fingerprint density at radius 3 is 2.29 bits per heavy atom. The molecule has 4 rings (SSSR count). The van der Waals surface area contributed by atoms with Crippen molar-refractivity contribution in [3.8, 4) is 5.75 Å². The topological polar surface area (TPSA) is 58.6 Å². The monoisotopic (exact) mass is 440 g/mol. The first-order valence-corrected chi connectivity index (χ1v) is 9.52. The summed E-state index contributed by atoms with van der Waals surface area (Å²) >= 11 is 6.17. The number of amides is 2. The standard InChI is InChI=1S/C23H15ClF2N2O3/c1-31-19-10-8-15(12-16(19)24)28-22(29)20(13-5-3-2-4-6-13)21(23(28)30)27-14-7-9-17(25)18(26)11-14/h2-12,27H,1H3. The van der Waals surface area contributed by atoms with Gasteiger partial charge in [0.05, 0.1) is 23.4 Å². The molecule has 0 aromatic heterocycles. The zero-order chi connectivity index (χ0) is 22.1. The average Bonchev–Trinajstić information content (AvgIpc) is 3.00. The Hall–Kier alpha value is -3.71. The minimum Gasteiger partial charge on any atom is -0.495 e. The van der Waals surface area contributed by atoms with Crippen LogP contribution < -0.4 is 15.0 Å². The summed E-state index contributed by atoms with van der Waals surface area (Å²) in [5.41, 5.74) is 0.902. The molecule has 1 aliphatic heterocycles. The number of anilines is 2. The molecule has 0 saturated carbocycles. The van der Waals surface area contributed by atoms with Gasteiger partial charge in [0.15, 0.2) is 11.6 Å². The van der Waals surface area contributed by atoms with Crippen molar-refractivity contribution in [1.82, 2.24) is 0 Å². The highest BCUT2D eigenvalue weighted by Crippen LogP contribution is 2.36. The number of imide groups is 1. The molecule has 5 nitrogen and oxygen atoms in total. The number of ether oxygens (including phenoxy) is 1. The summed E-state index contributed by atoms with van der Waals surface area (Å²) in [6.45, 7) is 0.